The molecule has 0 saturated heterocycles. The molecule has 1 fully saturated rings. The summed E-state index contributed by atoms with van der Waals surface area (Å²) < 4.78 is 0. The van der Waals surface area contributed by atoms with Gasteiger partial charge in [-0.2, -0.15) is 0 Å². The number of carbonyl (C=O) groups is 2. The molecule has 2 N–H and O–H groups in total. The Bertz CT molecular complexity index is 385. The predicted octanol–water partition coefficient (Wildman–Crippen LogP) is 2.87. The molecule has 0 unspecified atom stereocenters. The van der Waals surface area contributed by atoms with Crippen LogP contribution in [0.1, 0.15) is 46.5 Å². The minimum Gasteiger partial charge on any atom is -0.481 e. The lowest BCUT2D eigenvalue weighted by Gasteiger charge is -2.36. The maximum atomic E-state index is 12.2. The molecule has 0 atom stereocenters. The van der Waals surface area contributed by atoms with Crippen molar-refractivity contribution in [3.63, 3.8) is 0 Å². The van der Waals surface area contributed by atoms with Crippen LogP contribution in [0.4, 0.5) is 4.79 Å². The Morgan fingerprint density at radius 2 is 2.00 bits per heavy atom. The highest BCUT2D eigenvalue weighted by atomic mass is 16.4. The number of carboxylic acids is 1. The van der Waals surface area contributed by atoms with E-state index >= 15 is 0 Å². The molecule has 0 spiro atoms. The highest BCUT2D eigenvalue weighted by Crippen LogP contribution is 2.38. The molecule has 21 heavy (non-hydrogen) atoms. The fraction of sp³-hybridized carbons (Fsp3) is 0.750. The first-order chi connectivity index (χ1) is 9.82. The Morgan fingerprint density at radius 1 is 1.43 bits per heavy atom. The minimum atomic E-state index is -0.807. The number of nitrogens with zero attached hydrogens (tertiary/aromatic N) is 1. The summed E-state index contributed by atoms with van der Waals surface area (Å²) in [6.07, 6.45) is 4.75. The number of rotatable bonds is 6. The number of aliphatic carboxylic acids is 1. The van der Waals surface area contributed by atoms with Gasteiger partial charge in [0.2, 0.25) is 0 Å². The molecule has 0 aromatic carbocycles. The maximum absolute atomic E-state index is 12.2. The first kappa shape index (κ1) is 17.5. The van der Waals surface area contributed by atoms with Gasteiger partial charge in [-0.3, -0.25) is 4.79 Å². The van der Waals surface area contributed by atoms with Gasteiger partial charge in [0, 0.05) is 19.1 Å². The van der Waals surface area contributed by atoms with E-state index in [9.17, 15) is 14.7 Å². The van der Waals surface area contributed by atoms with Gasteiger partial charge in [-0.25, -0.2) is 4.79 Å². The number of urea groups is 1. The third kappa shape index (κ3) is 4.48. The first-order valence-electron chi connectivity index (χ1n) is 7.71. The van der Waals surface area contributed by atoms with Crippen LogP contribution in [0.2, 0.25) is 0 Å². The van der Waals surface area contributed by atoms with Crippen molar-refractivity contribution in [3.05, 3.63) is 12.7 Å². The highest BCUT2D eigenvalue weighted by Gasteiger charge is 2.41. The van der Waals surface area contributed by atoms with Gasteiger partial charge in [-0.15, -0.1) is 6.58 Å². The lowest BCUT2D eigenvalue weighted by atomic mass is 9.71. The number of nitrogens with one attached hydrogen (secondary N) is 1. The van der Waals surface area contributed by atoms with Crippen molar-refractivity contribution in [3.8, 4) is 0 Å². The zero-order valence-electron chi connectivity index (χ0n) is 13.4. The lowest BCUT2D eigenvalue weighted by Crippen LogP contribution is -2.50. The van der Waals surface area contributed by atoms with E-state index in [4.69, 9.17) is 0 Å². The van der Waals surface area contributed by atoms with E-state index in [1.807, 2.05) is 13.8 Å². The SMILES string of the molecule is C=CCN(C(=O)NCC1(C(=O)O)CCC(C)CC1)C(C)C. The molecule has 0 heterocycles. The van der Waals surface area contributed by atoms with Gasteiger partial charge in [-0.05, 0) is 45.4 Å². The van der Waals surface area contributed by atoms with Gasteiger partial charge >= 0.3 is 12.0 Å². The van der Waals surface area contributed by atoms with Crippen LogP contribution in [-0.4, -0.2) is 41.1 Å². The normalized spacial score (nSPS) is 25.4. The Kier molecular flexibility index (Phi) is 6.24. The van der Waals surface area contributed by atoms with E-state index in [0.717, 1.165) is 12.8 Å². The minimum absolute atomic E-state index is 0.0511. The van der Waals surface area contributed by atoms with Crippen molar-refractivity contribution in [2.45, 2.75) is 52.5 Å². The Morgan fingerprint density at radius 3 is 2.43 bits per heavy atom. The molecule has 1 aliphatic rings. The zero-order valence-corrected chi connectivity index (χ0v) is 13.4. The van der Waals surface area contributed by atoms with Crippen molar-refractivity contribution in [1.29, 1.82) is 0 Å². The molecule has 0 aromatic rings. The Hall–Kier alpha value is -1.52. The summed E-state index contributed by atoms with van der Waals surface area (Å²) in [6, 6.07) is -0.167. The number of carboxylic acid groups (broad SMARTS) is 1. The van der Waals surface area contributed by atoms with Crippen LogP contribution in [-0.2, 0) is 4.79 Å². The largest absolute Gasteiger partial charge is 0.481 e. The summed E-state index contributed by atoms with van der Waals surface area (Å²) in [4.78, 5) is 25.5. The van der Waals surface area contributed by atoms with Crippen molar-refractivity contribution in [2.24, 2.45) is 11.3 Å². The van der Waals surface area contributed by atoms with E-state index in [2.05, 4.69) is 18.8 Å². The van der Waals surface area contributed by atoms with E-state index in [1.54, 1.807) is 11.0 Å². The molecule has 0 bridgehead atoms. The van der Waals surface area contributed by atoms with Gasteiger partial charge in [0.25, 0.3) is 0 Å². The number of hydrogen-bond acceptors (Lipinski definition) is 2. The second-order valence-electron chi connectivity index (χ2n) is 6.46. The van der Waals surface area contributed by atoms with Gasteiger partial charge in [-0.1, -0.05) is 13.0 Å². The lowest BCUT2D eigenvalue weighted by molar-refractivity contribution is -0.151. The molecule has 0 aromatic heterocycles. The van der Waals surface area contributed by atoms with Crippen molar-refractivity contribution < 1.29 is 14.7 Å². The fourth-order valence-corrected chi connectivity index (χ4v) is 2.79. The second-order valence-corrected chi connectivity index (χ2v) is 6.46. The van der Waals surface area contributed by atoms with E-state index < -0.39 is 11.4 Å². The van der Waals surface area contributed by atoms with Gasteiger partial charge in [0.15, 0.2) is 0 Å². The van der Waals surface area contributed by atoms with Gasteiger partial charge in [0.05, 0.1) is 5.41 Å². The monoisotopic (exact) mass is 296 g/mol. The first-order valence-corrected chi connectivity index (χ1v) is 7.71. The molecule has 5 nitrogen and oxygen atoms in total. The molecule has 1 aliphatic carbocycles. The molecule has 120 valence electrons. The van der Waals surface area contributed by atoms with Crippen molar-refractivity contribution in [1.82, 2.24) is 10.2 Å². The van der Waals surface area contributed by atoms with E-state index in [0.29, 0.717) is 25.3 Å². The van der Waals surface area contributed by atoms with Crippen LogP contribution in [0.25, 0.3) is 0 Å². The standard InChI is InChI=1S/C16H28N2O3/c1-5-10-18(12(2)3)15(21)17-11-16(14(19)20)8-6-13(4)7-9-16/h5,12-13H,1,6-11H2,2-4H3,(H,17,21)(H,19,20). The Labute approximate surface area is 127 Å². The van der Waals surface area contributed by atoms with Crippen LogP contribution >= 0.6 is 0 Å². The molecule has 0 aliphatic heterocycles. The summed E-state index contributed by atoms with van der Waals surface area (Å²) in [5, 5.41) is 12.4. The summed E-state index contributed by atoms with van der Waals surface area (Å²) >= 11 is 0. The van der Waals surface area contributed by atoms with Crippen LogP contribution < -0.4 is 5.32 Å². The molecule has 1 rings (SSSR count). The topological polar surface area (TPSA) is 69.6 Å². The van der Waals surface area contributed by atoms with Gasteiger partial charge in [0.1, 0.15) is 0 Å². The average Bonchev–Trinajstić information content (AvgIpc) is 2.43. The quantitative estimate of drug-likeness (QED) is 0.740. The summed E-state index contributed by atoms with van der Waals surface area (Å²) in [6.45, 7) is 10.3. The third-order valence-corrected chi connectivity index (χ3v) is 4.47. The number of carbonyl (C=O) groups excluding carboxylic acids is 1. The predicted molar refractivity (Wildman–Crippen MR) is 83.1 cm³/mol. The molecular formula is C16H28N2O3. The molecule has 1 saturated carbocycles. The van der Waals surface area contributed by atoms with Crippen LogP contribution in [0, 0.1) is 11.3 Å². The maximum Gasteiger partial charge on any atom is 0.317 e. The molecule has 0 radical (unpaired) electrons. The summed E-state index contributed by atoms with van der Waals surface area (Å²) in [5.74, 6) is -0.226. The fourth-order valence-electron chi connectivity index (χ4n) is 2.79. The molecular weight excluding hydrogens is 268 g/mol. The van der Waals surface area contributed by atoms with E-state index in [-0.39, 0.29) is 18.6 Å². The molecule has 5 heteroatoms. The zero-order chi connectivity index (χ0) is 16.0. The Balaban J connectivity index is 2.67. The van der Waals surface area contributed by atoms with Crippen LogP contribution in [0.5, 0.6) is 0 Å². The number of hydrogen-bond donors (Lipinski definition) is 2. The number of amides is 2. The van der Waals surface area contributed by atoms with Gasteiger partial charge < -0.3 is 15.3 Å². The average molecular weight is 296 g/mol. The summed E-state index contributed by atoms with van der Waals surface area (Å²) in [5.41, 5.74) is -0.807. The summed E-state index contributed by atoms with van der Waals surface area (Å²) in [7, 11) is 0. The van der Waals surface area contributed by atoms with Crippen LogP contribution in [0.3, 0.4) is 0 Å². The van der Waals surface area contributed by atoms with Crippen molar-refractivity contribution >= 4 is 12.0 Å². The highest BCUT2D eigenvalue weighted by molar-refractivity contribution is 5.78. The molecule has 2 amide bonds. The smallest absolute Gasteiger partial charge is 0.317 e. The van der Waals surface area contributed by atoms with E-state index in [1.165, 1.54) is 0 Å². The third-order valence-electron chi connectivity index (χ3n) is 4.47. The van der Waals surface area contributed by atoms with Crippen LogP contribution in [0.15, 0.2) is 12.7 Å². The van der Waals surface area contributed by atoms with Crippen molar-refractivity contribution in [2.75, 3.05) is 13.1 Å². The second kappa shape index (κ2) is 7.48.